The molecule has 4 nitrogen and oxygen atoms in total. The van der Waals surface area contributed by atoms with Gasteiger partial charge in [0, 0.05) is 17.5 Å². The lowest BCUT2D eigenvalue weighted by molar-refractivity contribution is 0.411. The number of ether oxygens (including phenoxy) is 1. The Balaban J connectivity index is 1.84. The predicted octanol–water partition coefficient (Wildman–Crippen LogP) is 3.35. The van der Waals surface area contributed by atoms with Gasteiger partial charge in [-0.05, 0) is 43.5 Å². The maximum absolute atomic E-state index is 12.3. The molecule has 124 valence electrons. The molecule has 0 atom stereocenters. The molecule has 0 unspecified atom stereocenters. The van der Waals surface area contributed by atoms with Gasteiger partial charge in [-0.2, -0.15) is 11.8 Å². The molecule has 1 N–H and O–H groups in total. The fraction of sp³-hybridized carbons (Fsp3) is 0.625. The van der Waals surface area contributed by atoms with Gasteiger partial charge in [-0.3, -0.25) is 0 Å². The Morgan fingerprint density at radius 2 is 2.00 bits per heavy atom. The highest BCUT2D eigenvalue weighted by Crippen LogP contribution is 2.28. The maximum atomic E-state index is 12.3. The van der Waals surface area contributed by atoms with Crippen LogP contribution in [0.5, 0.6) is 5.75 Å². The van der Waals surface area contributed by atoms with E-state index in [9.17, 15) is 8.42 Å². The molecule has 1 fully saturated rings. The summed E-state index contributed by atoms with van der Waals surface area (Å²) >= 11 is 1.90. The van der Waals surface area contributed by atoms with Crippen LogP contribution in [0, 0.1) is 6.92 Å². The third kappa shape index (κ3) is 4.89. The largest absolute Gasteiger partial charge is 0.496 e. The number of hydrogen-bond donors (Lipinski definition) is 1. The van der Waals surface area contributed by atoms with Gasteiger partial charge in [-0.1, -0.05) is 19.3 Å². The number of sulfonamides is 1. The summed E-state index contributed by atoms with van der Waals surface area (Å²) in [6.07, 6.45) is 6.52. The molecule has 0 radical (unpaired) electrons. The third-order valence-electron chi connectivity index (χ3n) is 3.98. The Hall–Kier alpha value is -0.720. The van der Waals surface area contributed by atoms with E-state index in [0.29, 0.717) is 22.4 Å². The molecule has 0 heterocycles. The van der Waals surface area contributed by atoms with Crippen LogP contribution in [-0.2, 0) is 10.0 Å². The summed E-state index contributed by atoms with van der Waals surface area (Å²) in [5.74, 6) is 1.53. The van der Waals surface area contributed by atoms with E-state index in [1.165, 1.54) is 32.1 Å². The van der Waals surface area contributed by atoms with Crippen LogP contribution in [0.25, 0.3) is 0 Å². The van der Waals surface area contributed by atoms with E-state index >= 15 is 0 Å². The van der Waals surface area contributed by atoms with Gasteiger partial charge in [0.1, 0.15) is 5.75 Å². The molecule has 0 aromatic heterocycles. The zero-order valence-electron chi connectivity index (χ0n) is 13.3. The first-order chi connectivity index (χ1) is 10.5. The fourth-order valence-electron chi connectivity index (χ4n) is 2.73. The van der Waals surface area contributed by atoms with E-state index in [1.54, 1.807) is 25.3 Å². The molecule has 1 aliphatic carbocycles. The molecule has 6 heteroatoms. The number of thioether (sulfide) groups is 1. The van der Waals surface area contributed by atoms with Crippen molar-refractivity contribution in [1.82, 2.24) is 4.72 Å². The summed E-state index contributed by atoms with van der Waals surface area (Å²) in [5.41, 5.74) is 0.821. The minimum atomic E-state index is -3.43. The van der Waals surface area contributed by atoms with E-state index in [4.69, 9.17) is 4.74 Å². The van der Waals surface area contributed by atoms with Crippen LogP contribution in [-0.4, -0.2) is 33.1 Å². The first-order valence-electron chi connectivity index (χ1n) is 7.79. The number of methoxy groups -OCH3 is 1. The first kappa shape index (κ1) is 17.6. The highest BCUT2D eigenvalue weighted by molar-refractivity contribution is 8.00. The molecular formula is C16H25NO3S2. The van der Waals surface area contributed by atoms with Gasteiger partial charge >= 0.3 is 0 Å². The van der Waals surface area contributed by atoms with Crippen LogP contribution in [0.1, 0.15) is 37.7 Å². The summed E-state index contributed by atoms with van der Waals surface area (Å²) in [7, 11) is -1.85. The quantitative estimate of drug-likeness (QED) is 0.772. The van der Waals surface area contributed by atoms with Gasteiger partial charge in [0.2, 0.25) is 10.0 Å². The van der Waals surface area contributed by atoms with Gasteiger partial charge < -0.3 is 4.74 Å². The summed E-state index contributed by atoms with van der Waals surface area (Å²) < 4.78 is 32.4. The molecule has 1 saturated carbocycles. The molecule has 0 bridgehead atoms. The average molecular weight is 344 g/mol. The van der Waals surface area contributed by atoms with Gasteiger partial charge in [0.15, 0.2) is 0 Å². The van der Waals surface area contributed by atoms with E-state index in [-0.39, 0.29) is 0 Å². The third-order valence-corrected chi connectivity index (χ3v) is 6.82. The highest BCUT2D eigenvalue weighted by Gasteiger charge is 2.16. The minimum Gasteiger partial charge on any atom is -0.496 e. The molecule has 0 saturated heterocycles. The van der Waals surface area contributed by atoms with Gasteiger partial charge in [-0.15, -0.1) is 0 Å². The summed E-state index contributed by atoms with van der Waals surface area (Å²) in [6, 6.07) is 4.93. The SMILES string of the molecule is COc1ccc(S(=O)(=O)NCCSC2CCCCC2)cc1C. The second kappa shape index (κ2) is 8.22. The minimum absolute atomic E-state index is 0.300. The Bertz CT molecular complexity index is 581. The van der Waals surface area contributed by atoms with Crippen molar-refractivity contribution in [2.45, 2.75) is 49.2 Å². The fourth-order valence-corrected chi connectivity index (χ4v) is 5.20. The molecule has 22 heavy (non-hydrogen) atoms. The Labute approximate surface area is 138 Å². The molecule has 1 aromatic carbocycles. The molecular weight excluding hydrogens is 318 g/mol. The summed E-state index contributed by atoms with van der Waals surface area (Å²) in [4.78, 5) is 0.300. The lowest BCUT2D eigenvalue weighted by atomic mass is 10.0. The summed E-state index contributed by atoms with van der Waals surface area (Å²) in [5, 5.41) is 0.710. The first-order valence-corrected chi connectivity index (χ1v) is 10.3. The Kier molecular flexibility index (Phi) is 6.59. The van der Waals surface area contributed by atoms with E-state index in [2.05, 4.69) is 4.72 Å². The maximum Gasteiger partial charge on any atom is 0.240 e. The van der Waals surface area contributed by atoms with Crippen LogP contribution >= 0.6 is 11.8 Å². The van der Waals surface area contributed by atoms with Crippen molar-refractivity contribution in [2.24, 2.45) is 0 Å². The smallest absolute Gasteiger partial charge is 0.240 e. The van der Waals surface area contributed by atoms with Crippen molar-refractivity contribution in [3.8, 4) is 5.75 Å². The predicted molar refractivity (Wildman–Crippen MR) is 92.3 cm³/mol. The molecule has 0 spiro atoms. The monoisotopic (exact) mass is 343 g/mol. The van der Waals surface area contributed by atoms with Gasteiger partial charge in [0.25, 0.3) is 0 Å². The van der Waals surface area contributed by atoms with E-state index in [1.807, 2.05) is 18.7 Å². The second-order valence-electron chi connectivity index (χ2n) is 5.66. The number of nitrogens with one attached hydrogen (secondary N) is 1. The lowest BCUT2D eigenvalue weighted by Crippen LogP contribution is -2.26. The Morgan fingerprint density at radius 3 is 2.64 bits per heavy atom. The van der Waals surface area contributed by atoms with Crippen LogP contribution in [0.15, 0.2) is 23.1 Å². The van der Waals surface area contributed by atoms with Crippen molar-refractivity contribution in [3.63, 3.8) is 0 Å². The van der Waals surface area contributed by atoms with Crippen molar-refractivity contribution in [1.29, 1.82) is 0 Å². The van der Waals surface area contributed by atoms with Gasteiger partial charge in [0.05, 0.1) is 12.0 Å². The molecule has 0 aliphatic heterocycles. The Morgan fingerprint density at radius 1 is 1.27 bits per heavy atom. The summed E-state index contributed by atoms with van der Waals surface area (Å²) in [6.45, 7) is 2.32. The lowest BCUT2D eigenvalue weighted by Gasteiger charge is -2.20. The molecule has 2 rings (SSSR count). The van der Waals surface area contributed by atoms with E-state index < -0.39 is 10.0 Å². The standard InChI is InChI=1S/C16H25NO3S2/c1-13-12-15(8-9-16(13)20-2)22(18,19)17-10-11-21-14-6-4-3-5-7-14/h8-9,12,14,17H,3-7,10-11H2,1-2H3. The van der Waals surface area contributed by atoms with Crippen molar-refractivity contribution in [3.05, 3.63) is 23.8 Å². The van der Waals surface area contributed by atoms with E-state index in [0.717, 1.165) is 11.3 Å². The molecule has 0 amide bonds. The zero-order valence-corrected chi connectivity index (χ0v) is 14.9. The topological polar surface area (TPSA) is 55.4 Å². The number of rotatable bonds is 7. The van der Waals surface area contributed by atoms with Crippen molar-refractivity contribution >= 4 is 21.8 Å². The second-order valence-corrected chi connectivity index (χ2v) is 8.84. The zero-order chi connectivity index (χ0) is 16.0. The van der Waals surface area contributed by atoms with Crippen LogP contribution in [0.4, 0.5) is 0 Å². The number of hydrogen-bond acceptors (Lipinski definition) is 4. The van der Waals surface area contributed by atoms with Crippen LogP contribution in [0.2, 0.25) is 0 Å². The van der Waals surface area contributed by atoms with Crippen molar-refractivity contribution < 1.29 is 13.2 Å². The molecule has 1 aliphatic rings. The molecule has 1 aromatic rings. The van der Waals surface area contributed by atoms with Crippen molar-refractivity contribution in [2.75, 3.05) is 19.4 Å². The average Bonchev–Trinajstić information content (AvgIpc) is 2.52. The highest BCUT2D eigenvalue weighted by atomic mass is 32.2. The number of benzene rings is 1. The van der Waals surface area contributed by atoms with Gasteiger partial charge in [-0.25, -0.2) is 13.1 Å². The van der Waals surface area contributed by atoms with Crippen LogP contribution < -0.4 is 9.46 Å². The van der Waals surface area contributed by atoms with Crippen LogP contribution in [0.3, 0.4) is 0 Å². The normalized spacial score (nSPS) is 16.6. The number of aryl methyl sites for hydroxylation is 1.